The number of benzene rings is 3. The van der Waals surface area contributed by atoms with Gasteiger partial charge < -0.3 is 0 Å². The highest BCUT2D eigenvalue weighted by atomic mass is 15.2. The van der Waals surface area contributed by atoms with Crippen molar-refractivity contribution < 1.29 is 4.58 Å². The topological polar surface area (TPSA) is 7.94 Å². The molecule has 2 nitrogen and oxygen atoms in total. The predicted molar refractivity (Wildman–Crippen MR) is 98.9 cm³/mol. The fraction of sp³-hybridized carbons (Fsp3) is 0.0455. The Kier molecular flexibility index (Phi) is 2.89. The summed E-state index contributed by atoms with van der Waals surface area (Å²) in [6.45, 7) is 0.852. The summed E-state index contributed by atoms with van der Waals surface area (Å²) < 4.78 is 4.62. The minimum Gasteiger partial charge on any atom is -0.291 e. The molecule has 0 saturated carbocycles. The van der Waals surface area contributed by atoms with E-state index in [1.54, 1.807) is 0 Å². The van der Waals surface area contributed by atoms with Crippen molar-refractivity contribution in [2.75, 3.05) is 0 Å². The molecule has 0 atom stereocenters. The number of nitrogens with zero attached hydrogens (tertiary/aromatic N) is 2. The Balaban J connectivity index is 1.54. The van der Waals surface area contributed by atoms with Gasteiger partial charge in [0.15, 0.2) is 6.21 Å². The summed E-state index contributed by atoms with van der Waals surface area (Å²) >= 11 is 0. The van der Waals surface area contributed by atoms with Crippen molar-refractivity contribution >= 4 is 22.8 Å². The molecule has 1 aromatic heterocycles. The molecule has 24 heavy (non-hydrogen) atoms. The number of rotatable bonds is 2. The van der Waals surface area contributed by atoms with Gasteiger partial charge in [-0.3, -0.25) is 4.57 Å². The van der Waals surface area contributed by atoms with Gasteiger partial charge in [0.1, 0.15) is 0 Å². The largest absolute Gasteiger partial charge is 0.291 e. The van der Waals surface area contributed by atoms with Gasteiger partial charge in [-0.25, -0.2) is 0 Å². The molecule has 3 aromatic carbocycles. The first-order valence-corrected chi connectivity index (χ1v) is 8.23. The van der Waals surface area contributed by atoms with Gasteiger partial charge in [0, 0.05) is 23.7 Å². The lowest BCUT2D eigenvalue weighted by atomic mass is 10.1. The zero-order valence-corrected chi connectivity index (χ0v) is 13.3. The first kappa shape index (κ1) is 13.3. The number of aromatic nitrogens is 1. The summed E-state index contributed by atoms with van der Waals surface area (Å²) in [6, 6.07) is 28.0. The van der Waals surface area contributed by atoms with Crippen LogP contribution in [0.15, 0.2) is 85.1 Å². The Morgan fingerprint density at radius 1 is 0.708 bits per heavy atom. The van der Waals surface area contributed by atoms with E-state index in [2.05, 4.69) is 100 Å². The molecule has 0 saturated heterocycles. The maximum Gasteiger partial charge on any atom is 0.228 e. The van der Waals surface area contributed by atoms with Crippen molar-refractivity contribution in [3.8, 4) is 11.1 Å². The summed E-state index contributed by atoms with van der Waals surface area (Å²) in [5.74, 6) is 0. The molecular weight excluding hydrogens is 292 g/mol. The van der Waals surface area contributed by atoms with E-state index in [0.717, 1.165) is 6.67 Å². The highest BCUT2D eigenvalue weighted by molar-refractivity contribution is 5.97. The van der Waals surface area contributed by atoms with Crippen molar-refractivity contribution in [1.82, 2.24) is 4.57 Å². The Bertz CT molecular complexity index is 1050. The van der Waals surface area contributed by atoms with E-state index < -0.39 is 0 Å². The summed E-state index contributed by atoms with van der Waals surface area (Å²) in [4.78, 5) is 0. The quantitative estimate of drug-likeness (QED) is 0.458. The van der Waals surface area contributed by atoms with Crippen LogP contribution >= 0.6 is 0 Å². The molecule has 0 radical (unpaired) electrons. The predicted octanol–water partition coefficient (Wildman–Crippen LogP) is 5.04. The molecule has 0 unspecified atom stereocenters. The fourth-order valence-corrected chi connectivity index (χ4v) is 3.52. The molecule has 2 heterocycles. The van der Waals surface area contributed by atoms with Crippen molar-refractivity contribution in [3.63, 3.8) is 0 Å². The minimum absolute atomic E-state index is 0.852. The van der Waals surface area contributed by atoms with Crippen LogP contribution in [0.2, 0.25) is 0 Å². The first-order valence-electron chi connectivity index (χ1n) is 8.23. The third-order valence-electron chi connectivity index (χ3n) is 4.73. The Hall–Kier alpha value is -3.13. The van der Waals surface area contributed by atoms with Crippen LogP contribution in [0.5, 0.6) is 0 Å². The summed E-state index contributed by atoms with van der Waals surface area (Å²) in [6.07, 6.45) is 4.42. The van der Waals surface area contributed by atoms with Crippen molar-refractivity contribution in [1.29, 1.82) is 0 Å². The van der Waals surface area contributed by atoms with Crippen LogP contribution in [0.3, 0.4) is 0 Å². The van der Waals surface area contributed by atoms with Crippen LogP contribution in [-0.4, -0.2) is 15.4 Å². The summed E-state index contributed by atoms with van der Waals surface area (Å²) in [7, 11) is 0. The van der Waals surface area contributed by atoms with Crippen molar-refractivity contribution in [2.24, 2.45) is 0 Å². The standard InChI is InChI=1S/C22H17N2/c1-2-5-17(6-3-1)18-9-11-21(12-10-18)24-15-20-8-4-7-19-13-14-23(16-24)22(19)20/h1-15H,16H2/q+1. The van der Waals surface area contributed by atoms with E-state index in [0.29, 0.717) is 0 Å². The Labute approximate surface area is 140 Å². The van der Waals surface area contributed by atoms with Gasteiger partial charge >= 0.3 is 0 Å². The Morgan fingerprint density at radius 2 is 1.50 bits per heavy atom. The fourth-order valence-electron chi connectivity index (χ4n) is 3.52. The molecule has 0 amide bonds. The van der Waals surface area contributed by atoms with Crippen LogP contribution < -0.4 is 0 Å². The van der Waals surface area contributed by atoms with Crippen LogP contribution in [0.1, 0.15) is 5.56 Å². The van der Waals surface area contributed by atoms with Gasteiger partial charge in [0.25, 0.3) is 0 Å². The molecule has 1 aliphatic heterocycles. The smallest absolute Gasteiger partial charge is 0.228 e. The first-order chi connectivity index (χ1) is 11.9. The van der Waals surface area contributed by atoms with E-state index in [1.807, 2.05) is 0 Å². The minimum atomic E-state index is 0.852. The van der Waals surface area contributed by atoms with Gasteiger partial charge in [-0.05, 0) is 35.4 Å². The molecule has 0 fully saturated rings. The highest BCUT2D eigenvalue weighted by Gasteiger charge is 2.19. The lowest BCUT2D eigenvalue weighted by Gasteiger charge is -2.12. The zero-order chi connectivity index (χ0) is 15.9. The van der Waals surface area contributed by atoms with E-state index in [4.69, 9.17) is 0 Å². The molecule has 0 bridgehead atoms. The third kappa shape index (κ3) is 2.08. The van der Waals surface area contributed by atoms with Gasteiger partial charge in [-0.2, -0.15) is 4.58 Å². The lowest BCUT2D eigenvalue weighted by molar-refractivity contribution is -0.471. The van der Waals surface area contributed by atoms with E-state index >= 15 is 0 Å². The van der Waals surface area contributed by atoms with Crippen LogP contribution in [-0.2, 0) is 6.67 Å². The summed E-state index contributed by atoms with van der Waals surface area (Å²) in [5.41, 5.74) is 6.32. The zero-order valence-electron chi connectivity index (χ0n) is 13.3. The molecule has 1 aliphatic rings. The second kappa shape index (κ2) is 5.20. The maximum atomic E-state index is 2.32. The molecule has 4 aromatic rings. The molecule has 0 spiro atoms. The second-order valence-electron chi connectivity index (χ2n) is 6.22. The molecule has 5 rings (SSSR count). The average Bonchev–Trinajstić information content (AvgIpc) is 3.07. The summed E-state index contributed by atoms with van der Waals surface area (Å²) in [5, 5.41) is 1.31. The molecular formula is C22H17N2+. The number of hydrogen-bond acceptors (Lipinski definition) is 0. The van der Waals surface area contributed by atoms with Gasteiger partial charge in [0.2, 0.25) is 12.4 Å². The van der Waals surface area contributed by atoms with E-state index in [1.165, 1.54) is 33.3 Å². The van der Waals surface area contributed by atoms with E-state index in [9.17, 15) is 0 Å². The average molecular weight is 309 g/mol. The van der Waals surface area contributed by atoms with Gasteiger partial charge in [-0.1, -0.05) is 42.5 Å². The van der Waals surface area contributed by atoms with E-state index in [-0.39, 0.29) is 0 Å². The van der Waals surface area contributed by atoms with Crippen LogP contribution in [0.25, 0.3) is 22.0 Å². The van der Waals surface area contributed by atoms with Crippen LogP contribution in [0, 0.1) is 0 Å². The molecule has 0 aliphatic carbocycles. The van der Waals surface area contributed by atoms with Crippen LogP contribution in [0.4, 0.5) is 5.69 Å². The second-order valence-corrected chi connectivity index (χ2v) is 6.22. The maximum absolute atomic E-state index is 2.32. The Morgan fingerprint density at radius 3 is 2.33 bits per heavy atom. The molecule has 2 heteroatoms. The SMILES string of the molecule is C1=[N+](c2ccc(-c3ccccc3)cc2)Cn2ccc3cccc1c32. The van der Waals surface area contributed by atoms with Crippen molar-refractivity contribution in [3.05, 3.63) is 90.6 Å². The normalized spacial score (nSPS) is 13.1. The van der Waals surface area contributed by atoms with Crippen molar-refractivity contribution in [2.45, 2.75) is 6.67 Å². The monoisotopic (exact) mass is 309 g/mol. The number of para-hydroxylation sites is 1. The molecule has 0 N–H and O–H groups in total. The molecule has 114 valence electrons. The van der Waals surface area contributed by atoms with Gasteiger partial charge in [-0.15, -0.1) is 0 Å². The highest BCUT2D eigenvalue weighted by Crippen LogP contribution is 2.26. The lowest BCUT2D eigenvalue weighted by Crippen LogP contribution is -2.18. The third-order valence-corrected chi connectivity index (χ3v) is 4.73. The van der Waals surface area contributed by atoms with Gasteiger partial charge in [0.05, 0.1) is 11.1 Å². The number of hydrogen-bond donors (Lipinski definition) is 0.